The number of nitrogens with one attached hydrogen (secondary N) is 1. The average Bonchev–Trinajstić information content (AvgIpc) is 3.08. The molecule has 0 fully saturated rings. The van der Waals surface area contributed by atoms with Crippen LogP contribution in [0, 0.1) is 0 Å². The quantitative estimate of drug-likeness (QED) is 0.406. The van der Waals surface area contributed by atoms with Crippen LogP contribution >= 0.6 is 23.1 Å². The van der Waals surface area contributed by atoms with Crippen molar-refractivity contribution in [2.45, 2.75) is 63.4 Å². The molecule has 0 radical (unpaired) electrons. The molecule has 1 amide bonds. The number of hydrogen-bond acceptors (Lipinski definition) is 7. The Balaban J connectivity index is 1.35. The van der Waals surface area contributed by atoms with E-state index in [9.17, 15) is 4.79 Å². The first-order valence-electron chi connectivity index (χ1n) is 10.5. The summed E-state index contributed by atoms with van der Waals surface area (Å²) in [6.45, 7) is 6.78. The summed E-state index contributed by atoms with van der Waals surface area (Å²) in [7, 11) is 0. The Labute approximate surface area is 191 Å². The van der Waals surface area contributed by atoms with Gasteiger partial charge in [0.1, 0.15) is 10.6 Å². The van der Waals surface area contributed by atoms with Gasteiger partial charge in [0.2, 0.25) is 5.91 Å². The maximum absolute atomic E-state index is 12.4. The maximum Gasteiger partial charge on any atom is 0.230 e. The van der Waals surface area contributed by atoms with E-state index in [0.717, 1.165) is 29.5 Å². The molecular formula is C23H28N4O2S2. The van der Waals surface area contributed by atoms with E-state index in [1.54, 1.807) is 11.3 Å². The molecule has 0 spiro atoms. The maximum atomic E-state index is 12.4. The number of rotatable bonds is 7. The Morgan fingerprint density at radius 1 is 1.32 bits per heavy atom. The van der Waals surface area contributed by atoms with Gasteiger partial charge in [-0.2, -0.15) is 0 Å². The molecule has 2 aromatic heterocycles. The molecule has 0 aliphatic carbocycles. The molecule has 1 aliphatic rings. The highest BCUT2D eigenvalue weighted by Gasteiger charge is 2.30. The lowest BCUT2D eigenvalue weighted by molar-refractivity contribution is -0.119. The molecule has 1 aliphatic heterocycles. The first-order chi connectivity index (χ1) is 14.8. The molecule has 1 aromatic carbocycles. The first-order valence-corrected chi connectivity index (χ1v) is 12.3. The van der Waals surface area contributed by atoms with Crippen molar-refractivity contribution in [1.29, 1.82) is 0 Å². The van der Waals surface area contributed by atoms with Crippen molar-refractivity contribution < 1.29 is 9.53 Å². The number of carbonyl (C=O) groups excluding carboxylic acids is 1. The zero-order valence-electron chi connectivity index (χ0n) is 18.1. The average molecular weight is 457 g/mol. The van der Waals surface area contributed by atoms with Crippen LogP contribution in [0.3, 0.4) is 0 Å². The number of hydrogen-bond donors (Lipinski definition) is 2. The summed E-state index contributed by atoms with van der Waals surface area (Å²) < 4.78 is 5.92. The van der Waals surface area contributed by atoms with Gasteiger partial charge in [-0.1, -0.05) is 42.1 Å². The van der Waals surface area contributed by atoms with Crippen LogP contribution in [0.1, 0.15) is 43.2 Å². The molecule has 3 N–H and O–H groups in total. The fraction of sp³-hybridized carbons (Fsp3) is 0.435. The van der Waals surface area contributed by atoms with Gasteiger partial charge in [0.25, 0.3) is 0 Å². The molecule has 0 bridgehead atoms. The van der Waals surface area contributed by atoms with Gasteiger partial charge < -0.3 is 15.8 Å². The van der Waals surface area contributed by atoms with Gasteiger partial charge >= 0.3 is 0 Å². The lowest BCUT2D eigenvalue weighted by Gasteiger charge is -2.30. The predicted octanol–water partition coefficient (Wildman–Crippen LogP) is 4.35. The summed E-state index contributed by atoms with van der Waals surface area (Å²) >= 11 is 2.93. The van der Waals surface area contributed by atoms with Gasteiger partial charge in [-0.3, -0.25) is 4.79 Å². The number of fused-ring (bicyclic) bond motifs is 3. The zero-order valence-corrected chi connectivity index (χ0v) is 19.7. The second-order valence-electron chi connectivity index (χ2n) is 8.58. The van der Waals surface area contributed by atoms with E-state index >= 15 is 0 Å². The number of anilines is 1. The number of thiophene rings is 1. The van der Waals surface area contributed by atoms with Crippen LogP contribution in [-0.4, -0.2) is 33.3 Å². The minimum atomic E-state index is -0.212. The summed E-state index contributed by atoms with van der Waals surface area (Å²) in [6, 6.07) is 10.4. The second kappa shape index (κ2) is 9.14. The smallest absolute Gasteiger partial charge is 0.230 e. The lowest BCUT2D eigenvalue weighted by Crippen LogP contribution is -2.34. The third-order valence-electron chi connectivity index (χ3n) is 5.39. The van der Waals surface area contributed by atoms with Crippen molar-refractivity contribution >= 4 is 45.0 Å². The third kappa shape index (κ3) is 5.37. The summed E-state index contributed by atoms with van der Waals surface area (Å²) in [6.07, 6.45) is 2.63. The summed E-state index contributed by atoms with van der Waals surface area (Å²) in [5.74, 6) is 0.731. The Hall–Kier alpha value is -2.16. The number of aromatic nitrogens is 2. The van der Waals surface area contributed by atoms with E-state index in [1.807, 2.05) is 25.1 Å². The SMILES string of the molecule is C[C@@H](CCc1ccccc1)NC(=O)CSc1nc(N)c2c3c(sc2n1)COC(C)(C)C3. The van der Waals surface area contributed by atoms with Crippen molar-refractivity contribution in [2.75, 3.05) is 11.5 Å². The summed E-state index contributed by atoms with van der Waals surface area (Å²) in [5.41, 5.74) is 8.57. The Morgan fingerprint density at radius 2 is 2.10 bits per heavy atom. The molecule has 3 heterocycles. The van der Waals surface area contributed by atoms with Gasteiger partial charge in [-0.05, 0) is 44.7 Å². The van der Waals surface area contributed by atoms with E-state index in [1.165, 1.54) is 27.8 Å². The number of aryl methyl sites for hydroxylation is 1. The first kappa shape index (κ1) is 22.0. The predicted molar refractivity (Wildman–Crippen MR) is 127 cm³/mol. The number of carbonyl (C=O) groups is 1. The number of thioether (sulfide) groups is 1. The fourth-order valence-electron chi connectivity index (χ4n) is 3.76. The molecule has 0 unspecified atom stereocenters. The van der Waals surface area contributed by atoms with Crippen LogP contribution in [0.2, 0.25) is 0 Å². The van der Waals surface area contributed by atoms with Crippen molar-refractivity contribution in [3.8, 4) is 0 Å². The summed E-state index contributed by atoms with van der Waals surface area (Å²) in [4.78, 5) is 23.6. The van der Waals surface area contributed by atoms with Gasteiger partial charge in [-0.15, -0.1) is 11.3 Å². The Morgan fingerprint density at radius 3 is 2.87 bits per heavy atom. The highest BCUT2D eigenvalue weighted by atomic mass is 32.2. The van der Waals surface area contributed by atoms with E-state index in [4.69, 9.17) is 10.5 Å². The number of nitrogen functional groups attached to an aromatic ring is 1. The van der Waals surface area contributed by atoms with Gasteiger partial charge in [0.15, 0.2) is 5.16 Å². The molecule has 0 saturated heterocycles. The standard InChI is InChI=1S/C23H28N4O2S2/c1-14(9-10-15-7-5-4-6-8-15)25-18(28)13-30-22-26-20(24)19-16-11-23(2,3)29-12-17(16)31-21(19)27-22/h4-8,14H,9-13H2,1-3H3,(H,25,28)(H2,24,26,27)/t14-/m0/s1. The van der Waals surface area contributed by atoms with Crippen molar-refractivity contribution in [2.24, 2.45) is 0 Å². The Bertz CT molecular complexity index is 1080. The molecule has 4 rings (SSSR count). The fourth-order valence-corrected chi connectivity index (χ4v) is 5.59. The molecule has 3 aromatic rings. The van der Waals surface area contributed by atoms with Crippen LogP contribution in [0.25, 0.3) is 10.2 Å². The number of nitrogens with zero attached hydrogens (tertiary/aromatic N) is 2. The third-order valence-corrected chi connectivity index (χ3v) is 7.33. The number of benzene rings is 1. The highest BCUT2D eigenvalue weighted by molar-refractivity contribution is 7.99. The summed E-state index contributed by atoms with van der Waals surface area (Å²) in [5, 5.41) is 4.54. The number of ether oxygens (including phenoxy) is 1. The monoisotopic (exact) mass is 456 g/mol. The van der Waals surface area contributed by atoms with Gasteiger partial charge in [-0.25, -0.2) is 9.97 Å². The minimum Gasteiger partial charge on any atom is -0.383 e. The van der Waals surface area contributed by atoms with Gasteiger partial charge in [0.05, 0.1) is 23.3 Å². The van der Waals surface area contributed by atoms with E-state index in [0.29, 0.717) is 17.6 Å². The topological polar surface area (TPSA) is 90.1 Å². The molecule has 31 heavy (non-hydrogen) atoms. The highest BCUT2D eigenvalue weighted by Crippen LogP contribution is 2.40. The van der Waals surface area contributed by atoms with Crippen LogP contribution in [0.4, 0.5) is 5.82 Å². The minimum absolute atomic E-state index is 0.0200. The van der Waals surface area contributed by atoms with Crippen molar-refractivity contribution in [3.05, 3.63) is 46.3 Å². The van der Waals surface area contributed by atoms with Crippen LogP contribution in [0.15, 0.2) is 35.5 Å². The molecule has 0 saturated carbocycles. The largest absolute Gasteiger partial charge is 0.383 e. The Kier molecular flexibility index (Phi) is 6.50. The van der Waals surface area contributed by atoms with E-state index in [2.05, 4.69) is 41.3 Å². The van der Waals surface area contributed by atoms with Crippen LogP contribution in [0.5, 0.6) is 0 Å². The number of amides is 1. The second-order valence-corrected chi connectivity index (χ2v) is 10.6. The zero-order chi connectivity index (χ0) is 22.0. The molecule has 6 nitrogen and oxygen atoms in total. The number of nitrogens with two attached hydrogens (primary N) is 1. The molecule has 164 valence electrons. The van der Waals surface area contributed by atoms with Crippen LogP contribution in [-0.2, 0) is 29.0 Å². The van der Waals surface area contributed by atoms with E-state index < -0.39 is 0 Å². The normalized spacial score (nSPS) is 16.1. The van der Waals surface area contributed by atoms with E-state index in [-0.39, 0.29) is 23.3 Å². The molecular weight excluding hydrogens is 428 g/mol. The lowest BCUT2D eigenvalue weighted by atomic mass is 9.94. The molecule has 1 atom stereocenters. The van der Waals surface area contributed by atoms with Crippen LogP contribution < -0.4 is 11.1 Å². The van der Waals surface area contributed by atoms with Crippen molar-refractivity contribution in [1.82, 2.24) is 15.3 Å². The van der Waals surface area contributed by atoms with Gasteiger partial charge in [0, 0.05) is 17.3 Å². The van der Waals surface area contributed by atoms with Crippen molar-refractivity contribution in [3.63, 3.8) is 0 Å². The molecule has 8 heteroatoms.